The highest BCUT2D eigenvalue weighted by Gasteiger charge is 2.11. The Morgan fingerprint density at radius 2 is 1.93 bits per heavy atom. The fraction of sp³-hybridized carbons (Fsp3) is 0.158. The number of nitro benzene ring substituents is 1. The van der Waals surface area contributed by atoms with E-state index in [0.717, 1.165) is 6.08 Å². The van der Waals surface area contributed by atoms with Crippen LogP contribution in [0.5, 0.6) is 11.5 Å². The van der Waals surface area contributed by atoms with Crippen molar-refractivity contribution >= 4 is 23.6 Å². The maximum Gasteiger partial charge on any atom is 0.270 e. The third-order valence-corrected chi connectivity index (χ3v) is 3.53. The summed E-state index contributed by atoms with van der Waals surface area (Å²) < 4.78 is 10.6. The summed E-state index contributed by atoms with van der Waals surface area (Å²) in [5.41, 5.74) is 5.17. The van der Waals surface area contributed by atoms with Crippen molar-refractivity contribution in [2.45, 2.75) is 6.92 Å². The van der Waals surface area contributed by atoms with Gasteiger partial charge in [0.15, 0.2) is 11.5 Å². The Balaban J connectivity index is 1.96. The summed E-state index contributed by atoms with van der Waals surface area (Å²) in [6.45, 7) is 2.28. The van der Waals surface area contributed by atoms with E-state index in [2.05, 4.69) is 10.9 Å². The molecule has 0 spiro atoms. The molecule has 9 heteroatoms. The molecule has 2 N–H and O–H groups in total. The van der Waals surface area contributed by atoms with Crippen LogP contribution < -0.4 is 20.3 Å². The van der Waals surface area contributed by atoms with E-state index in [0.29, 0.717) is 23.7 Å². The summed E-state index contributed by atoms with van der Waals surface area (Å²) in [5, 5.41) is 10.7. The number of hydrogen-bond donors (Lipinski definition) is 2. The molecule has 2 amide bonds. The molecule has 0 atom stereocenters. The second-order valence-electron chi connectivity index (χ2n) is 5.43. The summed E-state index contributed by atoms with van der Waals surface area (Å²) in [6.07, 6.45) is 2.55. The quantitative estimate of drug-likeness (QED) is 0.429. The van der Waals surface area contributed by atoms with Crippen LogP contribution in [-0.2, 0) is 4.79 Å². The number of non-ortho nitro benzene ring substituents is 1. The first-order chi connectivity index (χ1) is 13.4. The van der Waals surface area contributed by atoms with E-state index in [1.165, 1.54) is 43.5 Å². The van der Waals surface area contributed by atoms with Gasteiger partial charge in [-0.05, 0) is 36.8 Å². The van der Waals surface area contributed by atoms with E-state index in [4.69, 9.17) is 9.47 Å². The molecule has 0 aliphatic carbocycles. The highest BCUT2D eigenvalue weighted by molar-refractivity contribution is 5.98. The molecule has 0 saturated carbocycles. The van der Waals surface area contributed by atoms with Crippen LogP contribution in [0.4, 0.5) is 5.69 Å². The first-order valence-corrected chi connectivity index (χ1v) is 8.28. The Hall–Kier alpha value is -3.88. The smallest absolute Gasteiger partial charge is 0.270 e. The van der Waals surface area contributed by atoms with E-state index in [9.17, 15) is 19.7 Å². The summed E-state index contributed by atoms with van der Waals surface area (Å²) in [7, 11) is 1.46. The van der Waals surface area contributed by atoms with Gasteiger partial charge in [-0.15, -0.1) is 0 Å². The minimum Gasteiger partial charge on any atom is -0.493 e. The number of amides is 2. The van der Waals surface area contributed by atoms with E-state index >= 15 is 0 Å². The fourth-order valence-corrected chi connectivity index (χ4v) is 2.23. The molecule has 0 aliphatic rings. The molecule has 9 nitrogen and oxygen atoms in total. The van der Waals surface area contributed by atoms with Crippen LogP contribution in [0.25, 0.3) is 6.08 Å². The first-order valence-electron chi connectivity index (χ1n) is 8.28. The van der Waals surface area contributed by atoms with Gasteiger partial charge in [0.1, 0.15) is 0 Å². The number of hydrogen-bond acceptors (Lipinski definition) is 6. The second kappa shape index (κ2) is 9.72. The average molecular weight is 385 g/mol. The normalized spacial score (nSPS) is 10.4. The van der Waals surface area contributed by atoms with Gasteiger partial charge in [0.05, 0.1) is 18.6 Å². The number of nitrogens with zero attached hydrogens (tertiary/aromatic N) is 1. The number of methoxy groups -OCH3 is 1. The lowest BCUT2D eigenvalue weighted by atomic mass is 10.2. The van der Waals surface area contributed by atoms with Crippen molar-refractivity contribution in [2.24, 2.45) is 0 Å². The molecule has 0 aromatic heterocycles. The number of carbonyl (C=O) groups is 2. The van der Waals surface area contributed by atoms with Crippen molar-refractivity contribution in [2.75, 3.05) is 13.7 Å². The highest BCUT2D eigenvalue weighted by atomic mass is 16.6. The zero-order valence-corrected chi connectivity index (χ0v) is 15.3. The Bertz CT molecular complexity index is 910. The molecule has 0 radical (unpaired) electrons. The SMILES string of the molecule is CCOc1ccc(C(=O)NNC(=O)/C=C/c2cccc([N+](=O)[O-])c2)cc1OC. The molecule has 2 aromatic rings. The lowest BCUT2D eigenvalue weighted by Gasteiger charge is -2.11. The molecule has 2 rings (SSSR count). The molecule has 0 bridgehead atoms. The largest absolute Gasteiger partial charge is 0.493 e. The van der Waals surface area contributed by atoms with Crippen LogP contribution in [0.3, 0.4) is 0 Å². The lowest BCUT2D eigenvalue weighted by Crippen LogP contribution is -2.40. The lowest BCUT2D eigenvalue weighted by molar-refractivity contribution is -0.384. The summed E-state index contributed by atoms with van der Waals surface area (Å²) >= 11 is 0. The molecule has 146 valence electrons. The Kier molecular flexibility index (Phi) is 7.09. The van der Waals surface area contributed by atoms with Crippen LogP contribution in [-0.4, -0.2) is 30.5 Å². The van der Waals surface area contributed by atoms with Gasteiger partial charge in [0, 0.05) is 23.8 Å². The monoisotopic (exact) mass is 385 g/mol. The number of benzene rings is 2. The van der Waals surface area contributed by atoms with Gasteiger partial charge in [0.25, 0.3) is 17.5 Å². The Morgan fingerprint density at radius 1 is 1.14 bits per heavy atom. The molecular weight excluding hydrogens is 366 g/mol. The maximum absolute atomic E-state index is 12.2. The summed E-state index contributed by atoms with van der Waals surface area (Å²) in [5.74, 6) is -0.243. The molecule has 0 fully saturated rings. The predicted octanol–water partition coefficient (Wildman–Crippen LogP) is 2.48. The van der Waals surface area contributed by atoms with Crippen LogP contribution in [0, 0.1) is 10.1 Å². The van der Waals surface area contributed by atoms with Gasteiger partial charge in [0.2, 0.25) is 0 Å². The number of ether oxygens (including phenoxy) is 2. The zero-order valence-electron chi connectivity index (χ0n) is 15.3. The molecular formula is C19H19N3O6. The van der Waals surface area contributed by atoms with Crippen molar-refractivity contribution in [1.82, 2.24) is 10.9 Å². The zero-order chi connectivity index (χ0) is 20.5. The molecule has 0 aliphatic heterocycles. The molecule has 0 saturated heterocycles. The molecule has 28 heavy (non-hydrogen) atoms. The van der Waals surface area contributed by atoms with Gasteiger partial charge in [-0.2, -0.15) is 0 Å². The van der Waals surface area contributed by atoms with Crippen molar-refractivity contribution in [3.8, 4) is 11.5 Å². The topological polar surface area (TPSA) is 120 Å². The first kappa shape index (κ1) is 20.4. The minimum absolute atomic E-state index is 0.0830. The van der Waals surface area contributed by atoms with Gasteiger partial charge in [-0.1, -0.05) is 12.1 Å². The van der Waals surface area contributed by atoms with Crippen LogP contribution >= 0.6 is 0 Å². The summed E-state index contributed by atoms with van der Waals surface area (Å²) in [4.78, 5) is 34.2. The minimum atomic E-state index is -0.599. The van der Waals surface area contributed by atoms with Gasteiger partial charge >= 0.3 is 0 Å². The number of hydrazine groups is 1. The number of carbonyl (C=O) groups excluding carboxylic acids is 2. The van der Waals surface area contributed by atoms with Crippen LogP contribution in [0.15, 0.2) is 48.5 Å². The van der Waals surface area contributed by atoms with E-state index in [1.807, 2.05) is 6.92 Å². The third kappa shape index (κ3) is 5.56. The van der Waals surface area contributed by atoms with Crippen molar-refractivity contribution < 1.29 is 24.0 Å². The average Bonchev–Trinajstić information content (AvgIpc) is 2.71. The van der Waals surface area contributed by atoms with Gasteiger partial charge < -0.3 is 9.47 Å². The van der Waals surface area contributed by atoms with Crippen LogP contribution in [0.1, 0.15) is 22.8 Å². The number of rotatable bonds is 7. The number of nitro groups is 1. The summed E-state index contributed by atoms with van der Waals surface area (Å²) in [6, 6.07) is 10.4. The van der Waals surface area contributed by atoms with Crippen LogP contribution in [0.2, 0.25) is 0 Å². The Labute approximate surface area is 161 Å². The predicted molar refractivity (Wildman–Crippen MR) is 102 cm³/mol. The molecule has 2 aromatic carbocycles. The van der Waals surface area contributed by atoms with Crippen molar-refractivity contribution in [3.63, 3.8) is 0 Å². The van der Waals surface area contributed by atoms with Crippen molar-refractivity contribution in [3.05, 3.63) is 69.8 Å². The third-order valence-electron chi connectivity index (χ3n) is 3.53. The molecule has 0 unspecified atom stereocenters. The van der Waals surface area contributed by atoms with Crippen molar-refractivity contribution in [1.29, 1.82) is 0 Å². The fourth-order valence-electron chi connectivity index (χ4n) is 2.23. The number of nitrogens with one attached hydrogen (secondary N) is 2. The maximum atomic E-state index is 12.2. The van der Waals surface area contributed by atoms with Gasteiger partial charge in [-0.3, -0.25) is 30.6 Å². The standard InChI is InChI=1S/C19H19N3O6/c1-3-28-16-9-8-14(12-17(16)27-2)19(24)21-20-18(23)10-7-13-5-4-6-15(11-13)22(25)26/h4-12H,3H2,1-2H3,(H,20,23)(H,21,24)/b10-7+. The van der Waals surface area contributed by atoms with Gasteiger partial charge in [-0.25, -0.2) is 0 Å². The Morgan fingerprint density at radius 3 is 2.61 bits per heavy atom. The molecule has 0 heterocycles. The van der Waals surface area contributed by atoms with E-state index in [-0.39, 0.29) is 11.3 Å². The van der Waals surface area contributed by atoms with E-state index < -0.39 is 16.7 Å². The second-order valence-corrected chi connectivity index (χ2v) is 5.43. The van der Waals surface area contributed by atoms with E-state index in [1.54, 1.807) is 12.1 Å². The highest BCUT2D eigenvalue weighted by Crippen LogP contribution is 2.27.